The van der Waals surface area contributed by atoms with E-state index in [1.807, 2.05) is 21.0 Å². The van der Waals surface area contributed by atoms with Gasteiger partial charge in [-0.15, -0.1) is 0 Å². The molecule has 5 heteroatoms. The summed E-state index contributed by atoms with van der Waals surface area (Å²) in [7, 11) is 3.99. The summed E-state index contributed by atoms with van der Waals surface area (Å²) < 4.78 is 0. The molecule has 0 amide bonds. The first-order chi connectivity index (χ1) is 8.47. The summed E-state index contributed by atoms with van der Waals surface area (Å²) in [6.07, 6.45) is 0.608. The molecule has 100 valence electrons. The number of anilines is 2. The van der Waals surface area contributed by atoms with Crippen LogP contribution in [-0.2, 0) is 6.42 Å². The second kappa shape index (κ2) is 6.26. The highest BCUT2D eigenvalue weighted by atomic mass is 16.4. The molecule has 0 aliphatic rings. The number of hydrogen-bond donors (Lipinski definition) is 3. The molecule has 18 heavy (non-hydrogen) atoms. The number of nitrogen functional groups attached to an aromatic ring is 1. The van der Waals surface area contributed by atoms with Gasteiger partial charge in [0.2, 0.25) is 0 Å². The molecule has 0 heterocycles. The van der Waals surface area contributed by atoms with Crippen LogP contribution < -0.4 is 11.1 Å². The Morgan fingerprint density at radius 3 is 2.61 bits per heavy atom. The van der Waals surface area contributed by atoms with Gasteiger partial charge in [0.1, 0.15) is 0 Å². The number of nitrogens with one attached hydrogen (secondary N) is 1. The number of hydrogen-bond acceptors (Lipinski definition) is 4. The Balaban J connectivity index is 2.91. The van der Waals surface area contributed by atoms with E-state index < -0.39 is 5.97 Å². The van der Waals surface area contributed by atoms with Gasteiger partial charge in [0.05, 0.1) is 16.9 Å². The predicted octanol–water partition coefficient (Wildman–Crippen LogP) is 1.50. The van der Waals surface area contributed by atoms with E-state index in [1.54, 1.807) is 12.1 Å². The smallest absolute Gasteiger partial charge is 0.336 e. The van der Waals surface area contributed by atoms with Crippen LogP contribution in [0.25, 0.3) is 0 Å². The second-order valence-corrected chi connectivity index (χ2v) is 4.44. The van der Waals surface area contributed by atoms with Gasteiger partial charge in [-0.2, -0.15) is 0 Å². The molecule has 0 spiro atoms. The fraction of sp³-hybridized carbons (Fsp3) is 0.462. The van der Waals surface area contributed by atoms with Crippen LogP contribution in [0.2, 0.25) is 0 Å². The van der Waals surface area contributed by atoms with Gasteiger partial charge in [-0.1, -0.05) is 6.92 Å². The number of carbonyl (C=O) groups is 1. The average molecular weight is 251 g/mol. The highest BCUT2D eigenvalue weighted by molar-refractivity contribution is 5.93. The summed E-state index contributed by atoms with van der Waals surface area (Å²) >= 11 is 0. The lowest BCUT2D eigenvalue weighted by Crippen LogP contribution is -2.21. The first-order valence-corrected chi connectivity index (χ1v) is 6.00. The monoisotopic (exact) mass is 251 g/mol. The highest BCUT2D eigenvalue weighted by Crippen LogP contribution is 2.26. The van der Waals surface area contributed by atoms with Crippen molar-refractivity contribution in [3.63, 3.8) is 0 Å². The molecule has 0 atom stereocenters. The second-order valence-electron chi connectivity index (χ2n) is 4.44. The van der Waals surface area contributed by atoms with E-state index in [0.717, 1.165) is 18.8 Å². The zero-order valence-electron chi connectivity index (χ0n) is 11.2. The lowest BCUT2D eigenvalue weighted by atomic mass is 10.0. The van der Waals surface area contributed by atoms with E-state index in [-0.39, 0.29) is 5.56 Å². The first kappa shape index (κ1) is 14.3. The summed E-state index contributed by atoms with van der Waals surface area (Å²) in [6.45, 7) is 3.57. The number of carboxylic acid groups (broad SMARTS) is 1. The van der Waals surface area contributed by atoms with Crippen molar-refractivity contribution in [1.29, 1.82) is 0 Å². The Bertz CT molecular complexity index is 430. The number of rotatable bonds is 6. The molecular formula is C13H21N3O2. The van der Waals surface area contributed by atoms with Crippen LogP contribution in [0.15, 0.2) is 12.1 Å². The molecule has 0 radical (unpaired) electrons. The molecule has 0 unspecified atom stereocenters. The topological polar surface area (TPSA) is 78.6 Å². The van der Waals surface area contributed by atoms with Crippen LogP contribution in [0.3, 0.4) is 0 Å². The van der Waals surface area contributed by atoms with Crippen LogP contribution in [-0.4, -0.2) is 43.2 Å². The molecule has 1 rings (SSSR count). The summed E-state index contributed by atoms with van der Waals surface area (Å²) in [5.41, 5.74) is 8.33. The van der Waals surface area contributed by atoms with E-state index in [1.165, 1.54) is 0 Å². The normalized spacial score (nSPS) is 10.7. The maximum Gasteiger partial charge on any atom is 0.336 e. The Morgan fingerprint density at radius 1 is 1.44 bits per heavy atom. The number of nitrogens with zero attached hydrogens (tertiary/aromatic N) is 1. The number of nitrogens with two attached hydrogens (primary N) is 1. The number of benzene rings is 1. The van der Waals surface area contributed by atoms with Crippen molar-refractivity contribution in [2.24, 2.45) is 0 Å². The third-order valence-corrected chi connectivity index (χ3v) is 2.82. The quantitative estimate of drug-likeness (QED) is 0.668. The minimum Gasteiger partial charge on any atom is -0.478 e. The Hall–Kier alpha value is -1.75. The maximum absolute atomic E-state index is 11.1. The van der Waals surface area contributed by atoms with Crippen LogP contribution >= 0.6 is 0 Å². The minimum absolute atomic E-state index is 0.285. The average Bonchev–Trinajstić information content (AvgIpc) is 2.30. The van der Waals surface area contributed by atoms with Gasteiger partial charge in [0.25, 0.3) is 0 Å². The Morgan fingerprint density at radius 2 is 2.11 bits per heavy atom. The number of carboxylic acids is 1. The van der Waals surface area contributed by atoms with E-state index in [9.17, 15) is 4.79 Å². The molecule has 0 saturated carbocycles. The maximum atomic E-state index is 11.1. The van der Waals surface area contributed by atoms with Crippen molar-refractivity contribution in [2.75, 3.05) is 38.2 Å². The zero-order chi connectivity index (χ0) is 13.7. The standard InChI is InChI=1S/C13H21N3O2/c1-4-9-10(13(17)18)5-6-11(12(9)14)15-7-8-16(2)3/h5-6,15H,4,7-8,14H2,1-3H3,(H,17,18). The summed E-state index contributed by atoms with van der Waals surface area (Å²) in [5, 5.41) is 12.3. The fourth-order valence-electron chi connectivity index (χ4n) is 1.81. The molecule has 0 bridgehead atoms. The molecule has 1 aromatic rings. The zero-order valence-corrected chi connectivity index (χ0v) is 11.2. The molecule has 0 aliphatic carbocycles. The molecule has 0 saturated heterocycles. The van der Waals surface area contributed by atoms with Crippen molar-refractivity contribution in [1.82, 2.24) is 4.90 Å². The fourth-order valence-corrected chi connectivity index (χ4v) is 1.81. The third-order valence-electron chi connectivity index (χ3n) is 2.82. The molecule has 1 aromatic carbocycles. The van der Waals surface area contributed by atoms with Crippen LogP contribution in [0.4, 0.5) is 11.4 Å². The van der Waals surface area contributed by atoms with Gasteiger partial charge in [-0.25, -0.2) is 4.79 Å². The van der Waals surface area contributed by atoms with Gasteiger partial charge >= 0.3 is 5.97 Å². The highest BCUT2D eigenvalue weighted by Gasteiger charge is 2.14. The largest absolute Gasteiger partial charge is 0.478 e. The lowest BCUT2D eigenvalue weighted by Gasteiger charge is -2.16. The van der Waals surface area contributed by atoms with E-state index in [4.69, 9.17) is 10.8 Å². The molecular weight excluding hydrogens is 230 g/mol. The number of aromatic carboxylic acids is 1. The first-order valence-electron chi connectivity index (χ1n) is 6.00. The molecule has 0 fully saturated rings. The Kier molecular flexibility index (Phi) is 4.97. The van der Waals surface area contributed by atoms with E-state index >= 15 is 0 Å². The summed E-state index contributed by atoms with van der Waals surface area (Å²) in [5.74, 6) is -0.932. The SMILES string of the molecule is CCc1c(C(=O)O)ccc(NCCN(C)C)c1N. The van der Waals surface area contributed by atoms with Gasteiger partial charge < -0.3 is 21.1 Å². The predicted molar refractivity (Wildman–Crippen MR) is 74.2 cm³/mol. The van der Waals surface area contributed by atoms with Crippen molar-refractivity contribution >= 4 is 17.3 Å². The van der Waals surface area contributed by atoms with E-state index in [0.29, 0.717) is 17.7 Å². The van der Waals surface area contributed by atoms with Crippen LogP contribution in [0.5, 0.6) is 0 Å². The molecule has 0 aromatic heterocycles. The molecule has 5 nitrogen and oxygen atoms in total. The summed E-state index contributed by atoms with van der Waals surface area (Å²) in [6, 6.07) is 3.34. The summed E-state index contributed by atoms with van der Waals surface area (Å²) in [4.78, 5) is 13.1. The van der Waals surface area contributed by atoms with Crippen LogP contribution in [0, 0.1) is 0 Å². The lowest BCUT2D eigenvalue weighted by molar-refractivity contribution is 0.0696. The van der Waals surface area contributed by atoms with Gasteiger partial charge in [0, 0.05) is 13.1 Å². The van der Waals surface area contributed by atoms with Crippen LogP contribution in [0.1, 0.15) is 22.8 Å². The van der Waals surface area contributed by atoms with Crippen molar-refractivity contribution < 1.29 is 9.90 Å². The molecule has 4 N–H and O–H groups in total. The van der Waals surface area contributed by atoms with Gasteiger partial charge in [-0.05, 0) is 38.2 Å². The van der Waals surface area contributed by atoms with E-state index in [2.05, 4.69) is 10.2 Å². The van der Waals surface area contributed by atoms with Gasteiger partial charge in [0.15, 0.2) is 0 Å². The Labute approximate surface area is 108 Å². The minimum atomic E-state index is -0.932. The van der Waals surface area contributed by atoms with Gasteiger partial charge in [-0.3, -0.25) is 0 Å². The third kappa shape index (κ3) is 3.37. The van der Waals surface area contributed by atoms with Crippen molar-refractivity contribution in [2.45, 2.75) is 13.3 Å². The van der Waals surface area contributed by atoms with Crippen molar-refractivity contribution in [3.8, 4) is 0 Å². The molecule has 0 aliphatic heterocycles. The van der Waals surface area contributed by atoms with Crippen molar-refractivity contribution in [3.05, 3.63) is 23.3 Å². The number of likely N-dealkylation sites (N-methyl/N-ethyl adjacent to an activating group) is 1.